The molecule has 142 valence electrons. The lowest BCUT2D eigenvalue weighted by atomic mass is 10.1. The number of benzene rings is 2. The van der Waals surface area contributed by atoms with Crippen LogP contribution in [-0.2, 0) is 11.2 Å². The monoisotopic (exact) mass is 403 g/mol. The summed E-state index contributed by atoms with van der Waals surface area (Å²) in [4.78, 5) is 20.3. The van der Waals surface area contributed by atoms with Crippen LogP contribution >= 0.6 is 11.3 Å². The third-order valence-corrected chi connectivity index (χ3v) is 4.86. The normalized spacial score (nSPS) is 11.1. The van der Waals surface area contributed by atoms with E-state index in [0.717, 1.165) is 23.5 Å². The number of amides is 1. The van der Waals surface area contributed by atoms with Gasteiger partial charge in [0.2, 0.25) is 5.91 Å². The van der Waals surface area contributed by atoms with E-state index < -0.39 is 11.6 Å². The van der Waals surface area contributed by atoms with Gasteiger partial charge in [-0.3, -0.25) is 4.79 Å². The van der Waals surface area contributed by atoms with Crippen LogP contribution < -0.4 is 5.32 Å². The minimum atomic E-state index is -0.757. The van der Waals surface area contributed by atoms with E-state index in [1.165, 1.54) is 30.5 Å². The first-order chi connectivity index (χ1) is 13.5. The average molecular weight is 403 g/mol. The molecule has 0 aliphatic carbocycles. The summed E-state index contributed by atoms with van der Waals surface area (Å²) < 4.78 is 46.8. The Bertz CT molecular complexity index is 1150. The van der Waals surface area contributed by atoms with Crippen molar-refractivity contribution in [1.29, 1.82) is 0 Å². The third-order valence-electron chi connectivity index (χ3n) is 3.93. The topological polar surface area (TPSA) is 68.0 Å². The predicted octanol–water partition coefficient (Wildman–Crippen LogP) is 4.94. The van der Waals surface area contributed by atoms with Crippen LogP contribution in [0.15, 0.2) is 47.0 Å². The van der Waals surface area contributed by atoms with Gasteiger partial charge in [-0.2, -0.15) is 0 Å². The molecule has 0 unspecified atom stereocenters. The van der Waals surface area contributed by atoms with Crippen LogP contribution in [0.25, 0.3) is 21.5 Å². The van der Waals surface area contributed by atoms with E-state index in [1.807, 2.05) is 0 Å². The van der Waals surface area contributed by atoms with E-state index in [1.54, 1.807) is 0 Å². The van der Waals surface area contributed by atoms with Gasteiger partial charge in [-0.15, -0.1) is 0 Å². The number of fused-ring (bicyclic) bond motifs is 1. The summed E-state index contributed by atoms with van der Waals surface area (Å²) in [6.07, 6.45) is 1.39. The van der Waals surface area contributed by atoms with Crippen molar-refractivity contribution < 1.29 is 22.4 Å². The van der Waals surface area contributed by atoms with Crippen molar-refractivity contribution in [3.63, 3.8) is 0 Å². The first-order valence-electron chi connectivity index (χ1n) is 8.24. The Labute approximate surface area is 160 Å². The Kier molecular flexibility index (Phi) is 4.82. The van der Waals surface area contributed by atoms with E-state index in [0.29, 0.717) is 15.3 Å². The van der Waals surface area contributed by atoms with Gasteiger partial charge in [0.15, 0.2) is 16.8 Å². The largest absolute Gasteiger partial charge is 0.441 e. The number of nitrogens with one attached hydrogen (secondary N) is 1. The lowest BCUT2D eigenvalue weighted by molar-refractivity contribution is -0.116. The van der Waals surface area contributed by atoms with Crippen molar-refractivity contribution in [3.05, 3.63) is 65.9 Å². The van der Waals surface area contributed by atoms with Crippen molar-refractivity contribution in [2.24, 2.45) is 0 Å². The molecule has 0 aliphatic heterocycles. The number of aryl methyl sites for hydroxylation is 1. The Hall–Kier alpha value is -3.20. The highest BCUT2D eigenvalue weighted by atomic mass is 32.1. The number of carbonyl (C=O) groups excluding carboxylic acids is 1. The number of oxazole rings is 1. The summed E-state index contributed by atoms with van der Waals surface area (Å²) >= 11 is 1.16. The van der Waals surface area contributed by atoms with Crippen LogP contribution in [-0.4, -0.2) is 15.9 Å². The van der Waals surface area contributed by atoms with Crippen LogP contribution in [0.3, 0.4) is 0 Å². The fourth-order valence-electron chi connectivity index (χ4n) is 2.63. The maximum Gasteiger partial charge on any atom is 0.226 e. The Morgan fingerprint density at radius 1 is 1.14 bits per heavy atom. The minimum absolute atomic E-state index is 0.0317. The molecule has 0 atom stereocenters. The molecule has 1 amide bonds. The molecule has 0 fully saturated rings. The fraction of sp³-hybridized carbons (Fsp3) is 0.105. The highest BCUT2D eigenvalue weighted by Gasteiger charge is 2.16. The maximum absolute atomic E-state index is 13.8. The summed E-state index contributed by atoms with van der Waals surface area (Å²) in [6, 6.07) is 7.68. The van der Waals surface area contributed by atoms with Crippen LogP contribution in [0.1, 0.15) is 12.3 Å². The van der Waals surface area contributed by atoms with Crippen LogP contribution in [0.4, 0.5) is 18.3 Å². The van der Waals surface area contributed by atoms with Gasteiger partial charge < -0.3 is 9.73 Å². The average Bonchev–Trinajstić information content (AvgIpc) is 3.26. The second-order valence-electron chi connectivity index (χ2n) is 5.89. The van der Waals surface area contributed by atoms with Crippen molar-refractivity contribution >= 4 is 32.6 Å². The molecule has 0 spiro atoms. The van der Waals surface area contributed by atoms with Gasteiger partial charge in [-0.25, -0.2) is 23.1 Å². The van der Waals surface area contributed by atoms with E-state index in [4.69, 9.17) is 4.42 Å². The molecular formula is C19H12F3N3O2S. The molecule has 0 aliphatic rings. The minimum Gasteiger partial charge on any atom is -0.441 e. The maximum atomic E-state index is 13.8. The van der Waals surface area contributed by atoms with Crippen LogP contribution in [0, 0.1) is 17.5 Å². The highest BCUT2D eigenvalue weighted by Crippen LogP contribution is 2.28. The summed E-state index contributed by atoms with van der Waals surface area (Å²) in [6.45, 7) is 0. The Morgan fingerprint density at radius 2 is 1.93 bits per heavy atom. The summed E-state index contributed by atoms with van der Waals surface area (Å²) in [5, 5.41) is 2.99. The molecule has 2 aromatic carbocycles. The third kappa shape index (κ3) is 3.74. The van der Waals surface area contributed by atoms with Crippen LogP contribution in [0.2, 0.25) is 0 Å². The van der Waals surface area contributed by atoms with E-state index >= 15 is 0 Å². The van der Waals surface area contributed by atoms with Gasteiger partial charge in [0.05, 0.1) is 22.0 Å². The number of aromatic nitrogens is 2. The quantitative estimate of drug-likeness (QED) is 0.513. The van der Waals surface area contributed by atoms with Crippen molar-refractivity contribution in [1.82, 2.24) is 9.97 Å². The van der Waals surface area contributed by atoms with Gasteiger partial charge in [0.25, 0.3) is 0 Å². The number of nitrogens with zero attached hydrogens (tertiary/aromatic N) is 2. The Morgan fingerprint density at radius 3 is 2.71 bits per heavy atom. The number of anilines is 1. The van der Waals surface area contributed by atoms with Gasteiger partial charge >= 0.3 is 0 Å². The van der Waals surface area contributed by atoms with Crippen molar-refractivity contribution in [2.75, 3.05) is 5.32 Å². The van der Waals surface area contributed by atoms with Gasteiger partial charge in [0, 0.05) is 12.8 Å². The predicted molar refractivity (Wildman–Crippen MR) is 98.4 cm³/mol. The number of hydrogen-bond acceptors (Lipinski definition) is 5. The standard InChI is InChI=1S/C19H12F3N3O2S/c20-10-4-5-13-15(8-10)28-19(24-13)25-16(26)6-7-17-23-9-14(27-17)18-11(21)2-1-3-12(18)22/h1-5,8-9H,6-7H2,(H,24,25,26). The van der Waals surface area contributed by atoms with Crippen LogP contribution in [0.5, 0.6) is 0 Å². The molecule has 0 radical (unpaired) electrons. The van der Waals surface area contributed by atoms with E-state index in [-0.39, 0.29) is 41.8 Å². The summed E-state index contributed by atoms with van der Waals surface area (Å²) in [5.41, 5.74) is 0.290. The van der Waals surface area contributed by atoms with E-state index in [2.05, 4.69) is 15.3 Å². The molecule has 4 aromatic rings. The number of rotatable bonds is 5. The lowest BCUT2D eigenvalue weighted by Crippen LogP contribution is -2.12. The molecule has 9 heteroatoms. The number of carbonyl (C=O) groups is 1. The first-order valence-corrected chi connectivity index (χ1v) is 9.06. The number of thiazole rings is 1. The molecule has 28 heavy (non-hydrogen) atoms. The molecule has 1 N–H and O–H groups in total. The fourth-order valence-corrected chi connectivity index (χ4v) is 3.54. The lowest BCUT2D eigenvalue weighted by Gasteiger charge is -2.01. The first kappa shape index (κ1) is 18.2. The summed E-state index contributed by atoms with van der Waals surface area (Å²) in [7, 11) is 0. The van der Waals surface area contributed by atoms with Crippen molar-refractivity contribution in [2.45, 2.75) is 12.8 Å². The molecule has 0 bridgehead atoms. The van der Waals surface area contributed by atoms with Gasteiger partial charge in [-0.05, 0) is 30.3 Å². The number of halogens is 3. The smallest absolute Gasteiger partial charge is 0.226 e. The molecule has 2 heterocycles. The van der Waals surface area contributed by atoms with E-state index in [9.17, 15) is 18.0 Å². The molecule has 5 nitrogen and oxygen atoms in total. The molecule has 0 saturated heterocycles. The summed E-state index contributed by atoms with van der Waals surface area (Å²) in [5.74, 6) is -2.09. The molecule has 2 aromatic heterocycles. The van der Waals surface area contributed by atoms with Crippen molar-refractivity contribution in [3.8, 4) is 11.3 Å². The zero-order valence-corrected chi connectivity index (χ0v) is 15.0. The Balaban J connectivity index is 1.40. The van der Waals surface area contributed by atoms with Gasteiger partial charge in [0.1, 0.15) is 17.5 Å². The second-order valence-corrected chi connectivity index (χ2v) is 6.92. The molecular weight excluding hydrogens is 391 g/mol. The zero-order chi connectivity index (χ0) is 19.7. The molecule has 0 saturated carbocycles. The second kappa shape index (κ2) is 7.43. The molecule has 4 rings (SSSR count). The highest BCUT2D eigenvalue weighted by molar-refractivity contribution is 7.22. The number of hydrogen-bond donors (Lipinski definition) is 1. The van der Waals surface area contributed by atoms with Gasteiger partial charge in [-0.1, -0.05) is 17.4 Å². The SMILES string of the molecule is O=C(CCc1ncc(-c2c(F)cccc2F)o1)Nc1nc2ccc(F)cc2s1. The zero-order valence-electron chi connectivity index (χ0n) is 14.2.